The van der Waals surface area contributed by atoms with Crippen molar-refractivity contribution in [1.82, 2.24) is 0 Å². The second-order valence-electron chi connectivity index (χ2n) is 3.73. The number of para-hydroxylation sites is 1. The Morgan fingerprint density at radius 3 is 3.00 bits per heavy atom. The zero-order valence-corrected chi connectivity index (χ0v) is 9.13. The number of nitrogens with one attached hydrogen (secondary N) is 1. The van der Waals surface area contributed by atoms with Crippen LogP contribution in [0.5, 0.6) is 0 Å². The highest BCUT2D eigenvalue weighted by Crippen LogP contribution is 2.24. The monoisotopic (exact) mass is 217 g/mol. The first-order chi connectivity index (χ1) is 7.43. The van der Waals surface area contributed by atoms with Gasteiger partial charge in [0, 0.05) is 11.3 Å². The van der Waals surface area contributed by atoms with E-state index in [1.165, 1.54) is 16.1 Å². The van der Waals surface area contributed by atoms with Gasteiger partial charge < -0.3 is 10.6 Å². The Labute approximate surface area is 93.0 Å². The maximum absolute atomic E-state index is 3.55. The average Bonchev–Trinajstić information content (AvgIpc) is 2.82. The number of anilines is 1. The predicted molar refractivity (Wildman–Crippen MR) is 62.8 cm³/mol. The van der Waals surface area contributed by atoms with Crippen molar-refractivity contribution in [3.8, 4) is 0 Å². The van der Waals surface area contributed by atoms with Crippen molar-refractivity contribution in [3.05, 3.63) is 52.2 Å². The number of quaternary nitrogens is 1. The Morgan fingerprint density at radius 2 is 2.13 bits per heavy atom. The highest BCUT2D eigenvalue weighted by atomic mass is 32.1. The second-order valence-corrected chi connectivity index (χ2v) is 4.71. The molecule has 2 aromatic rings. The van der Waals surface area contributed by atoms with Gasteiger partial charge in [-0.1, -0.05) is 24.3 Å². The standard InChI is InChI=1S/C12H12N2S/c1-2-5-10-9(4-1)8-13-12(14-10)11-6-3-7-15-11/h1-7,12-14H,8H2/p+1/t12-/m1/s1. The summed E-state index contributed by atoms with van der Waals surface area (Å²) in [7, 11) is 0. The van der Waals surface area contributed by atoms with Crippen LogP contribution in [0.4, 0.5) is 5.69 Å². The van der Waals surface area contributed by atoms with Gasteiger partial charge in [-0.3, -0.25) is 0 Å². The lowest BCUT2D eigenvalue weighted by molar-refractivity contribution is -0.707. The number of fused-ring (bicyclic) bond motifs is 1. The quantitative estimate of drug-likeness (QED) is 0.751. The van der Waals surface area contributed by atoms with E-state index in [4.69, 9.17) is 0 Å². The third-order valence-corrected chi connectivity index (χ3v) is 3.71. The molecule has 0 radical (unpaired) electrons. The molecule has 3 rings (SSSR count). The number of hydrogen-bond acceptors (Lipinski definition) is 2. The molecule has 0 saturated carbocycles. The fraction of sp³-hybridized carbons (Fsp3) is 0.167. The SMILES string of the molecule is c1csc([C@H]2Nc3ccccc3C[NH2+]2)c1. The molecule has 0 unspecified atom stereocenters. The third-order valence-electron chi connectivity index (χ3n) is 2.75. The summed E-state index contributed by atoms with van der Waals surface area (Å²) >= 11 is 1.81. The molecular weight excluding hydrogens is 204 g/mol. The maximum atomic E-state index is 3.55. The van der Waals surface area contributed by atoms with Crippen LogP contribution in [0.15, 0.2) is 41.8 Å². The average molecular weight is 217 g/mol. The number of hydrogen-bond donors (Lipinski definition) is 2. The second kappa shape index (κ2) is 3.68. The Bertz CT molecular complexity index is 450. The fourth-order valence-corrected chi connectivity index (χ4v) is 2.74. The highest BCUT2D eigenvalue weighted by Gasteiger charge is 2.21. The molecule has 3 N–H and O–H groups in total. The molecule has 0 saturated heterocycles. The molecule has 1 aliphatic heterocycles. The van der Waals surface area contributed by atoms with Crippen molar-refractivity contribution in [2.24, 2.45) is 0 Å². The van der Waals surface area contributed by atoms with Crippen LogP contribution in [-0.4, -0.2) is 0 Å². The van der Waals surface area contributed by atoms with Crippen LogP contribution in [0.3, 0.4) is 0 Å². The predicted octanol–water partition coefficient (Wildman–Crippen LogP) is 1.94. The summed E-state index contributed by atoms with van der Waals surface area (Å²) in [5.74, 6) is 0. The van der Waals surface area contributed by atoms with Gasteiger partial charge >= 0.3 is 0 Å². The van der Waals surface area contributed by atoms with Crippen molar-refractivity contribution in [3.63, 3.8) is 0 Å². The molecule has 1 aliphatic rings. The topological polar surface area (TPSA) is 28.6 Å². The van der Waals surface area contributed by atoms with Crippen LogP contribution in [0.1, 0.15) is 16.6 Å². The number of rotatable bonds is 1. The molecule has 76 valence electrons. The zero-order valence-electron chi connectivity index (χ0n) is 8.31. The van der Waals surface area contributed by atoms with Gasteiger partial charge in [0.15, 0.2) is 6.17 Å². The maximum Gasteiger partial charge on any atom is 0.195 e. The molecule has 2 heterocycles. The smallest absolute Gasteiger partial charge is 0.195 e. The summed E-state index contributed by atoms with van der Waals surface area (Å²) in [5.41, 5.74) is 2.67. The van der Waals surface area contributed by atoms with E-state index in [9.17, 15) is 0 Å². The van der Waals surface area contributed by atoms with E-state index in [0.717, 1.165) is 6.54 Å². The van der Waals surface area contributed by atoms with Crippen LogP contribution in [0.2, 0.25) is 0 Å². The molecule has 1 aromatic carbocycles. The van der Waals surface area contributed by atoms with Crippen molar-refractivity contribution in [1.29, 1.82) is 0 Å². The van der Waals surface area contributed by atoms with Crippen LogP contribution in [0.25, 0.3) is 0 Å². The van der Waals surface area contributed by atoms with E-state index in [0.29, 0.717) is 6.17 Å². The summed E-state index contributed by atoms with van der Waals surface area (Å²) in [4.78, 5) is 1.39. The lowest BCUT2D eigenvalue weighted by Gasteiger charge is -2.24. The Balaban J connectivity index is 1.89. The first-order valence-corrected chi connectivity index (χ1v) is 6.02. The molecular formula is C12H13N2S+. The number of thiophene rings is 1. The van der Waals surface area contributed by atoms with Crippen molar-refractivity contribution in [2.45, 2.75) is 12.7 Å². The van der Waals surface area contributed by atoms with E-state index in [-0.39, 0.29) is 0 Å². The highest BCUT2D eigenvalue weighted by molar-refractivity contribution is 7.10. The molecule has 1 atom stereocenters. The Morgan fingerprint density at radius 1 is 1.20 bits per heavy atom. The fourth-order valence-electron chi connectivity index (χ4n) is 1.97. The van der Waals surface area contributed by atoms with Gasteiger partial charge in [0.05, 0.1) is 4.88 Å². The molecule has 0 amide bonds. The molecule has 0 fully saturated rings. The summed E-state index contributed by atoms with van der Waals surface area (Å²) in [5, 5.41) is 8.03. The van der Waals surface area contributed by atoms with Crippen LogP contribution >= 0.6 is 11.3 Å². The van der Waals surface area contributed by atoms with E-state index < -0.39 is 0 Å². The molecule has 1 aromatic heterocycles. The van der Waals surface area contributed by atoms with Gasteiger partial charge in [0.25, 0.3) is 0 Å². The Hall–Kier alpha value is -1.32. The minimum atomic E-state index is 0.389. The lowest BCUT2D eigenvalue weighted by Crippen LogP contribution is -2.86. The van der Waals surface area contributed by atoms with Crippen LogP contribution in [0, 0.1) is 0 Å². The first kappa shape index (κ1) is 8.95. The first-order valence-electron chi connectivity index (χ1n) is 5.15. The van der Waals surface area contributed by atoms with Crippen molar-refractivity contribution >= 4 is 17.0 Å². The number of benzene rings is 1. The minimum absolute atomic E-state index is 0.389. The zero-order chi connectivity index (χ0) is 10.1. The van der Waals surface area contributed by atoms with Gasteiger partial charge in [-0.2, -0.15) is 0 Å². The van der Waals surface area contributed by atoms with Crippen molar-refractivity contribution < 1.29 is 5.32 Å². The van der Waals surface area contributed by atoms with Crippen LogP contribution < -0.4 is 10.6 Å². The summed E-state index contributed by atoms with van der Waals surface area (Å²) in [6.45, 7) is 1.06. The normalized spacial score (nSPS) is 19.3. The molecule has 0 spiro atoms. The summed E-state index contributed by atoms with van der Waals surface area (Å²) in [6, 6.07) is 12.8. The van der Waals surface area contributed by atoms with Crippen LogP contribution in [-0.2, 0) is 6.54 Å². The third kappa shape index (κ3) is 1.64. The Kier molecular flexibility index (Phi) is 2.19. The summed E-state index contributed by atoms with van der Waals surface area (Å²) in [6.07, 6.45) is 0.389. The van der Waals surface area contributed by atoms with Gasteiger partial charge in [-0.15, -0.1) is 11.3 Å². The van der Waals surface area contributed by atoms with Crippen molar-refractivity contribution in [2.75, 3.05) is 5.32 Å². The van der Waals surface area contributed by atoms with Gasteiger partial charge in [-0.05, 0) is 17.5 Å². The van der Waals surface area contributed by atoms with E-state index in [1.807, 2.05) is 11.3 Å². The largest absolute Gasteiger partial charge is 0.331 e. The molecule has 3 heteroatoms. The van der Waals surface area contributed by atoms with Gasteiger partial charge in [0.1, 0.15) is 6.54 Å². The van der Waals surface area contributed by atoms with E-state index in [1.54, 1.807) is 0 Å². The molecule has 15 heavy (non-hydrogen) atoms. The van der Waals surface area contributed by atoms with E-state index >= 15 is 0 Å². The van der Waals surface area contributed by atoms with E-state index in [2.05, 4.69) is 52.4 Å². The van der Waals surface area contributed by atoms with Gasteiger partial charge in [0.2, 0.25) is 0 Å². The molecule has 0 aliphatic carbocycles. The summed E-state index contributed by atoms with van der Waals surface area (Å²) < 4.78 is 0. The lowest BCUT2D eigenvalue weighted by atomic mass is 10.1. The molecule has 0 bridgehead atoms. The van der Waals surface area contributed by atoms with Gasteiger partial charge in [-0.25, -0.2) is 0 Å². The molecule has 2 nitrogen and oxygen atoms in total. The number of nitrogens with two attached hydrogens (primary N) is 1. The minimum Gasteiger partial charge on any atom is -0.331 e.